The Balaban J connectivity index is 1.54. The van der Waals surface area contributed by atoms with E-state index in [9.17, 15) is 9.90 Å². The molecule has 1 amide bonds. The molecule has 3 heteroatoms. The molecule has 0 aromatic carbocycles. The molecule has 3 fully saturated rings. The second kappa shape index (κ2) is 5.20. The second-order valence-electron chi connectivity index (χ2n) is 6.46. The van der Waals surface area contributed by atoms with Crippen LogP contribution in [0.4, 0.5) is 0 Å². The SMILES string of the molecule is O=C(NC1CCCCCC1O)C1C2CCCCC21. The van der Waals surface area contributed by atoms with Gasteiger partial charge in [-0.25, -0.2) is 0 Å². The summed E-state index contributed by atoms with van der Waals surface area (Å²) in [7, 11) is 0. The average molecular weight is 251 g/mol. The zero-order valence-corrected chi connectivity index (χ0v) is 11.1. The highest BCUT2D eigenvalue weighted by atomic mass is 16.3. The molecule has 4 unspecified atom stereocenters. The quantitative estimate of drug-likeness (QED) is 0.739. The van der Waals surface area contributed by atoms with Gasteiger partial charge < -0.3 is 10.4 Å². The maximum atomic E-state index is 12.3. The van der Waals surface area contributed by atoms with E-state index in [1.54, 1.807) is 0 Å². The number of aliphatic hydroxyl groups excluding tert-OH is 1. The van der Waals surface area contributed by atoms with Crippen molar-refractivity contribution < 1.29 is 9.90 Å². The van der Waals surface area contributed by atoms with Gasteiger partial charge in [-0.05, 0) is 37.5 Å². The van der Waals surface area contributed by atoms with Gasteiger partial charge in [0, 0.05) is 5.92 Å². The van der Waals surface area contributed by atoms with Crippen LogP contribution in [0.15, 0.2) is 0 Å². The molecule has 4 atom stereocenters. The van der Waals surface area contributed by atoms with Crippen LogP contribution in [0.25, 0.3) is 0 Å². The number of rotatable bonds is 2. The van der Waals surface area contributed by atoms with Crippen LogP contribution in [0.5, 0.6) is 0 Å². The Kier molecular flexibility index (Phi) is 3.60. The molecule has 0 heterocycles. The van der Waals surface area contributed by atoms with E-state index in [2.05, 4.69) is 5.32 Å². The summed E-state index contributed by atoms with van der Waals surface area (Å²) in [6.07, 6.45) is 10.0. The van der Waals surface area contributed by atoms with Gasteiger partial charge in [-0.3, -0.25) is 4.79 Å². The highest BCUT2D eigenvalue weighted by Crippen LogP contribution is 2.55. The predicted molar refractivity (Wildman–Crippen MR) is 70.0 cm³/mol. The average Bonchev–Trinajstić information content (AvgIpc) is 3.12. The Morgan fingerprint density at radius 3 is 2.22 bits per heavy atom. The molecule has 102 valence electrons. The van der Waals surface area contributed by atoms with Crippen molar-refractivity contribution >= 4 is 5.91 Å². The van der Waals surface area contributed by atoms with Crippen molar-refractivity contribution in [3.05, 3.63) is 0 Å². The van der Waals surface area contributed by atoms with Gasteiger partial charge in [0.15, 0.2) is 0 Å². The van der Waals surface area contributed by atoms with E-state index in [0.717, 1.165) is 25.7 Å². The number of amides is 1. The lowest BCUT2D eigenvalue weighted by Crippen LogP contribution is -2.43. The van der Waals surface area contributed by atoms with E-state index in [1.165, 1.54) is 32.1 Å². The Morgan fingerprint density at radius 2 is 1.50 bits per heavy atom. The minimum atomic E-state index is -0.322. The van der Waals surface area contributed by atoms with Crippen LogP contribution in [0.2, 0.25) is 0 Å². The van der Waals surface area contributed by atoms with Crippen LogP contribution in [0.1, 0.15) is 57.8 Å². The van der Waals surface area contributed by atoms with Crippen LogP contribution in [0.3, 0.4) is 0 Å². The molecule has 2 N–H and O–H groups in total. The Labute approximate surface area is 109 Å². The fraction of sp³-hybridized carbons (Fsp3) is 0.933. The lowest BCUT2D eigenvalue weighted by molar-refractivity contribution is -0.124. The Morgan fingerprint density at radius 1 is 0.889 bits per heavy atom. The van der Waals surface area contributed by atoms with Crippen molar-refractivity contribution in [1.82, 2.24) is 5.32 Å². The monoisotopic (exact) mass is 251 g/mol. The lowest BCUT2D eigenvalue weighted by Gasteiger charge is -2.21. The first kappa shape index (κ1) is 12.5. The highest BCUT2D eigenvalue weighted by molar-refractivity contribution is 5.82. The minimum absolute atomic E-state index is 0.0163. The summed E-state index contributed by atoms with van der Waals surface area (Å²) in [5, 5.41) is 13.2. The Hall–Kier alpha value is -0.570. The molecule has 0 aromatic rings. The normalized spacial score (nSPS) is 43.7. The molecule has 3 saturated carbocycles. The summed E-state index contributed by atoms with van der Waals surface area (Å²) in [6, 6.07) is 0.0163. The maximum absolute atomic E-state index is 12.3. The van der Waals surface area contributed by atoms with Crippen molar-refractivity contribution in [2.75, 3.05) is 0 Å². The largest absolute Gasteiger partial charge is 0.391 e. The summed E-state index contributed by atoms with van der Waals surface area (Å²) in [5.74, 6) is 1.85. The number of carbonyl (C=O) groups excluding carboxylic acids is 1. The summed E-state index contributed by atoms with van der Waals surface area (Å²) in [4.78, 5) is 12.3. The van der Waals surface area contributed by atoms with Crippen LogP contribution in [-0.4, -0.2) is 23.2 Å². The zero-order chi connectivity index (χ0) is 12.5. The van der Waals surface area contributed by atoms with Crippen molar-refractivity contribution in [1.29, 1.82) is 0 Å². The van der Waals surface area contributed by atoms with E-state index in [-0.39, 0.29) is 24.0 Å². The number of hydrogen-bond acceptors (Lipinski definition) is 2. The predicted octanol–water partition coefficient (Wildman–Crippen LogP) is 2.23. The molecule has 3 nitrogen and oxygen atoms in total. The molecule has 3 aliphatic rings. The molecule has 0 aromatic heterocycles. The third-order valence-corrected chi connectivity index (χ3v) is 5.27. The van der Waals surface area contributed by atoms with E-state index >= 15 is 0 Å². The maximum Gasteiger partial charge on any atom is 0.223 e. The van der Waals surface area contributed by atoms with Crippen molar-refractivity contribution in [2.24, 2.45) is 17.8 Å². The molecule has 0 spiro atoms. The molecular formula is C15H25NO2. The van der Waals surface area contributed by atoms with Crippen LogP contribution < -0.4 is 5.32 Å². The van der Waals surface area contributed by atoms with Gasteiger partial charge in [0.25, 0.3) is 0 Å². The summed E-state index contributed by atoms with van der Waals surface area (Å²) in [5.41, 5.74) is 0. The molecular weight excluding hydrogens is 226 g/mol. The van der Waals surface area contributed by atoms with E-state index in [0.29, 0.717) is 11.8 Å². The smallest absolute Gasteiger partial charge is 0.223 e. The molecule has 0 bridgehead atoms. The molecule has 0 saturated heterocycles. The van der Waals surface area contributed by atoms with Crippen molar-refractivity contribution in [3.8, 4) is 0 Å². The molecule has 18 heavy (non-hydrogen) atoms. The summed E-state index contributed by atoms with van der Waals surface area (Å²) in [6.45, 7) is 0. The van der Waals surface area contributed by atoms with Gasteiger partial charge in [0.05, 0.1) is 12.1 Å². The van der Waals surface area contributed by atoms with Gasteiger partial charge in [-0.2, -0.15) is 0 Å². The van der Waals surface area contributed by atoms with Crippen LogP contribution in [-0.2, 0) is 4.79 Å². The Bertz CT molecular complexity index is 306. The molecule has 3 aliphatic carbocycles. The van der Waals surface area contributed by atoms with Gasteiger partial charge in [0.1, 0.15) is 0 Å². The van der Waals surface area contributed by atoms with E-state index in [1.807, 2.05) is 0 Å². The molecule has 0 aliphatic heterocycles. The van der Waals surface area contributed by atoms with Crippen molar-refractivity contribution in [3.63, 3.8) is 0 Å². The highest BCUT2D eigenvalue weighted by Gasteiger charge is 2.54. The first-order chi connectivity index (χ1) is 8.77. The standard InChI is InChI=1S/C15H25NO2/c17-13-9-3-1-2-8-12(13)16-15(18)14-10-6-4-5-7-11(10)14/h10-14,17H,1-9H2,(H,16,18). The molecule has 0 radical (unpaired) electrons. The van der Waals surface area contributed by atoms with Crippen molar-refractivity contribution in [2.45, 2.75) is 69.9 Å². The van der Waals surface area contributed by atoms with E-state index < -0.39 is 0 Å². The number of aliphatic hydroxyl groups is 1. The van der Waals surface area contributed by atoms with Gasteiger partial charge in [-0.1, -0.05) is 32.1 Å². The van der Waals surface area contributed by atoms with Crippen LogP contribution >= 0.6 is 0 Å². The van der Waals surface area contributed by atoms with Gasteiger partial charge in [0.2, 0.25) is 5.91 Å². The van der Waals surface area contributed by atoms with Crippen LogP contribution in [0, 0.1) is 17.8 Å². The minimum Gasteiger partial charge on any atom is -0.391 e. The third kappa shape index (κ3) is 2.42. The van der Waals surface area contributed by atoms with E-state index in [4.69, 9.17) is 0 Å². The van der Waals surface area contributed by atoms with Gasteiger partial charge in [-0.15, -0.1) is 0 Å². The lowest BCUT2D eigenvalue weighted by atomic mass is 10.0. The number of hydrogen-bond donors (Lipinski definition) is 2. The summed E-state index contributed by atoms with van der Waals surface area (Å²) < 4.78 is 0. The first-order valence-electron chi connectivity index (χ1n) is 7.76. The fourth-order valence-corrected chi connectivity index (χ4v) is 4.12. The zero-order valence-electron chi connectivity index (χ0n) is 11.1. The second-order valence-corrected chi connectivity index (χ2v) is 6.46. The third-order valence-electron chi connectivity index (χ3n) is 5.27. The first-order valence-corrected chi connectivity index (χ1v) is 7.76. The van der Waals surface area contributed by atoms with Gasteiger partial charge >= 0.3 is 0 Å². The topological polar surface area (TPSA) is 49.3 Å². The number of carbonyl (C=O) groups is 1. The molecule has 3 rings (SSSR count). The number of nitrogens with one attached hydrogen (secondary N) is 1. The fourth-order valence-electron chi connectivity index (χ4n) is 4.12. The number of fused-ring (bicyclic) bond motifs is 1. The summed E-state index contributed by atoms with van der Waals surface area (Å²) >= 11 is 0.